The van der Waals surface area contributed by atoms with Crippen LogP contribution in [0.1, 0.15) is 30.6 Å². The molecule has 1 amide bonds. The monoisotopic (exact) mass is 222 g/mol. The quantitative estimate of drug-likeness (QED) is 0.767. The van der Waals surface area contributed by atoms with E-state index in [2.05, 4.69) is 18.9 Å². The maximum absolute atomic E-state index is 12.2. The Kier molecular flexibility index (Phi) is 2.61. The van der Waals surface area contributed by atoms with E-state index >= 15 is 0 Å². The van der Waals surface area contributed by atoms with Crippen LogP contribution in [-0.2, 0) is 7.05 Å². The van der Waals surface area contributed by atoms with Gasteiger partial charge < -0.3 is 10.6 Å². The summed E-state index contributed by atoms with van der Waals surface area (Å²) in [6.07, 6.45) is 2.61. The zero-order chi connectivity index (χ0) is 11.9. The van der Waals surface area contributed by atoms with E-state index in [0.29, 0.717) is 23.3 Å². The third-order valence-corrected chi connectivity index (χ3v) is 3.26. The van der Waals surface area contributed by atoms with Gasteiger partial charge in [0.25, 0.3) is 5.91 Å². The molecule has 0 saturated carbocycles. The average Bonchev–Trinajstić information content (AvgIpc) is 2.71. The highest BCUT2D eigenvalue weighted by molar-refractivity contribution is 5.98. The second-order valence-corrected chi connectivity index (χ2v) is 4.71. The molecule has 1 aliphatic heterocycles. The number of hydrogen-bond donors (Lipinski definition) is 1. The van der Waals surface area contributed by atoms with E-state index < -0.39 is 0 Å². The van der Waals surface area contributed by atoms with Gasteiger partial charge in [0.1, 0.15) is 11.4 Å². The van der Waals surface area contributed by atoms with Crippen LogP contribution < -0.4 is 5.73 Å². The maximum atomic E-state index is 12.2. The first-order valence-electron chi connectivity index (χ1n) is 5.59. The fourth-order valence-corrected chi connectivity index (χ4v) is 2.35. The van der Waals surface area contributed by atoms with E-state index in [9.17, 15) is 4.79 Å². The minimum absolute atomic E-state index is 0.00227. The normalized spacial score (nSPS) is 25.1. The van der Waals surface area contributed by atoms with E-state index in [1.807, 2.05) is 4.90 Å². The molecule has 1 saturated heterocycles. The fraction of sp³-hybridized carbons (Fsp3) is 0.636. The number of likely N-dealkylation sites (tertiary alicyclic amines) is 1. The number of nitrogens with two attached hydrogens (primary N) is 1. The second-order valence-electron chi connectivity index (χ2n) is 4.71. The Morgan fingerprint density at radius 2 is 2.25 bits per heavy atom. The van der Waals surface area contributed by atoms with Gasteiger partial charge in [0.2, 0.25) is 0 Å². The summed E-state index contributed by atoms with van der Waals surface area (Å²) >= 11 is 0. The number of amides is 1. The summed E-state index contributed by atoms with van der Waals surface area (Å²) in [5.74, 6) is 1.01. The lowest BCUT2D eigenvalue weighted by atomic mass is 10.1. The zero-order valence-corrected chi connectivity index (χ0v) is 9.97. The second kappa shape index (κ2) is 3.81. The van der Waals surface area contributed by atoms with Crippen molar-refractivity contribution in [1.82, 2.24) is 14.7 Å². The van der Waals surface area contributed by atoms with E-state index in [1.165, 1.54) is 4.68 Å². The predicted molar refractivity (Wildman–Crippen MR) is 61.9 cm³/mol. The molecule has 1 aliphatic rings. The van der Waals surface area contributed by atoms with Crippen molar-refractivity contribution >= 4 is 11.7 Å². The Morgan fingerprint density at radius 1 is 1.56 bits per heavy atom. The molecule has 5 heteroatoms. The molecule has 0 aliphatic carbocycles. The van der Waals surface area contributed by atoms with Crippen molar-refractivity contribution in [2.75, 3.05) is 12.3 Å². The topological polar surface area (TPSA) is 64.2 Å². The minimum Gasteiger partial charge on any atom is -0.383 e. The van der Waals surface area contributed by atoms with Crippen LogP contribution in [0, 0.1) is 5.92 Å². The number of anilines is 1. The standard InChI is InChI=1S/C11H18N4O/c1-7-4-8(2)15(6-7)11(16)9-5-13-14(3)10(9)12/h5,7-8H,4,6,12H2,1-3H3. The van der Waals surface area contributed by atoms with Crippen molar-refractivity contribution in [3.8, 4) is 0 Å². The molecule has 0 aromatic carbocycles. The lowest BCUT2D eigenvalue weighted by molar-refractivity contribution is 0.0745. The van der Waals surface area contributed by atoms with Gasteiger partial charge in [-0.1, -0.05) is 6.92 Å². The summed E-state index contributed by atoms with van der Waals surface area (Å²) in [7, 11) is 1.74. The number of hydrogen-bond acceptors (Lipinski definition) is 3. The molecule has 0 bridgehead atoms. The smallest absolute Gasteiger partial charge is 0.259 e. The van der Waals surface area contributed by atoms with Crippen LogP contribution in [-0.4, -0.2) is 33.2 Å². The van der Waals surface area contributed by atoms with Gasteiger partial charge in [0, 0.05) is 19.6 Å². The minimum atomic E-state index is 0.00227. The van der Waals surface area contributed by atoms with Gasteiger partial charge in [-0.2, -0.15) is 5.10 Å². The molecule has 88 valence electrons. The molecule has 5 nitrogen and oxygen atoms in total. The summed E-state index contributed by atoms with van der Waals surface area (Å²) in [5, 5.41) is 4.00. The summed E-state index contributed by atoms with van der Waals surface area (Å²) in [5.41, 5.74) is 6.32. The molecule has 2 N–H and O–H groups in total. The van der Waals surface area contributed by atoms with Crippen molar-refractivity contribution < 1.29 is 4.79 Å². The Hall–Kier alpha value is -1.52. The largest absolute Gasteiger partial charge is 0.383 e. The van der Waals surface area contributed by atoms with E-state index in [4.69, 9.17) is 5.73 Å². The molecule has 1 aromatic heterocycles. The van der Waals surface area contributed by atoms with Crippen molar-refractivity contribution in [1.29, 1.82) is 0 Å². The van der Waals surface area contributed by atoms with Gasteiger partial charge in [0.15, 0.2) is 0 Å². The van der Waals surface area contributed by atoms with Gasteiger partial charge in [0.05, 0.1) is 6.20 Å². The Bertz CT molecular complexity index is 412. The highest BCUT2D eigenvalue weighted by Gasteiger charge is 2.32. The number of carbonyl (C=O) groups excluding carboxylic acids is 1. The Balaban J connectivity index is 2.23. The maximum Gasteiger partial charge on any atom is 0.259 e. The fourth-order valence-electron chi connectivity index (χ4n) is 2.35. The molecule has 1 aromatic rings. The first-order chi connectivity index (χ1) is 7.50. The van der Waals surface area contributed by atoms with Gasteiger partial charge in [-0.3, -0.25) is 9.48 Å². The van der Waals surface area contributed by atoms with Crippen molar-refractivity contribution in [2.45, 2.75) is 26.3 Å². The van der Waals surface area contributed by atoms with Crippen LogP contribution in [0.4, 0.5) is 5.82 Å². The number of carbonyl (C=O) groups is 1. The number of nitrogens with zero attached hydrogens (tertiary/aromatic N) is 3. The molecule has 2 atom stereocenters. The third-order valence-electron chi connectivity index (χ3n) is 3.26. The zero-order valence-electron chi connectivity index (χ0n) is 9.97. The first-order valence-corrected chi connectivity index (χ1v) is 5.59. The molecular formula is C11H18N4O. The van der Waals surface area contributed by atoms with Crippen LogP contribution in [0.15, 0.2) is 6.20 Å². The highest BCUT2D eigenvalue weighted by atomic mass is 16.2. The van der Waals surface area contributed by atoms with Crippen LogP contribution in [0.25, 0.3) is 0 Å². The summed E-state index contributed by atoms with van der Waals surface area (Å²) in [4.78, 5) is 14.1. The van der Waals surface area contributed by atoms with Gasteiger partial charge >= 0.3 is 0 Å². The van der Waals surface area contributed by atoms with Crippen LogP contribution in [0.5, 0.6) is 0 Å². The van der Waals surface area contributed by atoms with Gasteiger partial charge in [-0.05, 0) is 19.3 Å². The molecule has 2 heterocycles. The number of rotatable bonds is 1. The summed E-state index contributed by atoms with van der Waals surface area (Å²) in [6.45, 7) is 5.05. The lowest BCUT2D eigenvalue weighted by Gasteiger charge is -2.20. The first kappa shape index (κ1) is 11.0. The van der Waals surface area contributed by atoms with Crippen LogP contribution in [0.3, 0.4) is 0 Å². The van der Waals surface area contributed by atoms with Crippen molar-refractivity contribution in [3.63, 3.8) is 0 Å². The molecule has 1 fully saturated rings. The highest BCUT2D eigenvalue weighted by Crippen LogP contribution is 2.25. The molecular weight excluding hydrogens is 204 g/mol. The van der Waals surface area contributed by atoms with Gasteiger partial charge in [-0.25, -0.2) is 0 Å². The van der Waals surface area contributed by atoms with E-state index in [-0.39, 0.29) is 5.91 Å². The van der Waals surface area contributed by atoms with Gasteiger partial charge in [-0.15, -0.1) is 0 Å². The van der Waals surface area contributed by atoms with Crippen LogP contribution in [0.2, 0.25) is 0 Å². The molecule has 0 spiro atoms. The molecule has 0 radical (unpaired) electrons. The SMILES string of the molecule is CC1CC(C)N(C(=O)c2cnn(C)c2N)C1. The molecule has 2 rings (SSSR count). The third kappa shape index (κ3) is 1.66. The number of aromatic nitrogens is 2. The van der Waals surface area contributed by atoms with Crippen LogP contribution >= 0.6 is 0 Å². The summed E-state index contributed by atoms with van der Waals surface area (Å²) in [6, 6.07) is 0.294. The number of nitrogen functional groups attached to an aromatic ring is 1. The van der Waals surface area contributed by atoms with E-state index in [1.54, 1.807) is 13.2 Å². The lowest BCUT2D eigenvalue weighted by Crippen LogP contribution is -2.34. The van der Waals surface area contributed by atoms with Crippen molar-refractivity contribution in [3.05, 3.63) is 11.8 Å². The summed E-state index contributed by atoms with van der Waals surface area (Å²) < 4.78 is 1.53. The number of aryl methyl sites for hydroxylation is 1. The van der Waals surface area contributed by atoms with E-state index in [0.717, 1.165) is 13.0 Å². The van der Waals surface area contributed by atoms with Crippen molar-refractivity contribution in [2.24, 2.45) is 13.0 Å². The molecule has 2 unspecified atom stereocenters. The molecule has 16 heavy (non-hydrogen) atoms. The average molecular weight is 222 g/mol. The Labute approximate surface area is 95.2 Å². The predicted octanol–water partition coefficient (Wildman–Crippen LogP) is 0.873. The Morgan fingerprint density at radius 3 is 2.69 bits per heavy atom.